The summed E-state index contributed by atoms with van der Waals surface area (Å²) in [5.74, 6) is 0.654. The number of rotatable bonds is 7. The van der Waals surface area contributed by atoms with Crippen LogP contribution in [0, 0.1) is 0 Å². The van der Waals surface area contributed by atoms with Crippen molar-refractivity contribution in [1.29, 1.82) is 0 Å². The average Bonchev–Trinajstić information content (AvgIpc) is 2.91. The summed E-state index contributed by atoms with van der Waals surface area (Å²) in [6.07, 6.45) is -3.95. The molecular weight excluding hydrogens is 339 g/mol. The molecule has 0 saturated carbocycles. The fourth-order valence-corrected chi connectivity index (χ4v) is 2.59. The lowest BCUT2D eigenvalue weighted by atomic mass is 10.1. The van der Waals surface area contributed by atoms with Crippen molar-refractivity contribution in [2.75, 3.05) is 26.2 Å². The molecule has 1 aromatic heterocycles. The van der Waals surface area contributed by atoms with E-state index >= 15 is 0 Å². The Morgan fingerprint density at radius 3 is 2.46 bits per heavy atom. The molecule has 0 aliphatic carbocycles. The molecule has 5 nitrogen and oxygen atoms in total. The number of thiazole rings is 1. The Bertz CT molecular complexity index is 520. The maximum atomic E-state index is 12.5. The number of nitrogens with zero attached hydrogens (tertiary/aromatic N) is 2. The molecule has 0 aliphatic heterocycles. The Morgan fingerprint density at radius 2 is 1.92 bits per heavy atom. The summed E-state index contributed by atoms with van der Waals surface area (Å²) in [6.45, 7) is 10.8. The summed E-state index contributed by atoms with van der Waals surface area (Å²) in [6, 6.07) is 0. The van der Waals surface area contributed by atoms with Gasteiger partial charge in [0, 0.05) is 37.0 Å². The SMILES string of the molecule is CCNC(=NCCNC(C)(C)C)NCCc1nc(C(F)(F)F)cs1. The van der Waals surface area contributed by atoms with Gasteiger partial charge in [-0.1, -0.05) is 0 Å². The molecule has 1 rings (SSSR count). The molecule has 0 aromatic carbocycles. The molecule has 9 heteroatoms. The van der Waals surface area contributed by atoms with Crippen LogP contribution >= 0.6 is 11.3 Å². The third kappa shape index (κ3) is 8.49. The van der Waals surface area contributed by atoms with Crippen LogP contribution in [0.25, 0.3) is 0 Å². The third-order valence-corrected chi connectivity index (χ3v) is 3.76. The van der Waals surface area contributed by atoms with Gasteiger partial charge < -0.3 is 16.0 Å². The van der Waals surface area contributed by atoms with Crippen LogP contribution in [0.4, 0.5) is 13.2 Å². The minimum absolute atomic E-state index is 0.0440. The number of hydrogen-bond donors (Lipinski definition) is 3. The molecule has 1 aromatic rings. The standard InChI is InChI=1S/C15H26F3N5S/c1-5-19-13(21-8-9-22-14(2,3)4)20-7-6-12-23-11(10-24-12)15(16,17)18/h10,22H,5-9H2,1-4H3,(H2,19,20,21). The monoisotopic (exact) mass is 365 g/mol. The van der Waals surface area contributed by atoms with E-state index in [4.69, 9.17) is 0 Å². The Labute approximate surface area is 145 Å². The Hall–Kier alpha value is -1.35. The number of hydrogen-bond acceptors (Lipinski definition) is 4. The molecule has 3 N–H and O–H groups in total. The molecule has 0 atom stereocenters. The number of aliphatic imine (C=N–C) groups is 1. The zero-order valence-electron chi connectivity index (χ0n) is 14.5. The van der Waals surface area contributed by atoms with E-state index in [0.717, 1.165) is 23.3 Å². The molecular formula is C15H26F3N5S. The molecule has 0 spiro atoms. The fourth-order valence-electron chi connectivity index (χ4n) is 1.78. The highest BCUT2D eigenvalue weighted by molar-refractivity contribution is 7.09. The highest BCUT2D eigenvalue weighted by Crippen LogP contribution is 2.29. The second kappa shape index (κ2) is 9.22. The maximum Gasteiger partial charge on any atom is 0.434 e. The van der Waals surface area contributed by atoms with Crippen LogP contribution in [0.1, 0.15) is 38.4 Å². The summed E-state index contributed by atoms with van der Waals surface area (Å²) in [5, 5.41) is 11.1. The highest BCUT2D eigenvalue weighted by Gasteiger charge is 2.33. The van der Waals surface area contributed by atoms with Gasteiger partial charge in [-0.05, 0) is 27.7 Å². The van der Waals surface area contributed by atoms with Gasteiger partial charge in [0.1, 0.15) is 0 Å². The second-order valence-corrected chi connectivity index (χ2v) is 7.18. The Balaban J connectivity index is 2.41. The molecule has 138 valence electrons. The summed E-state index contributed by atoms with van der Waals surface area (Å²) in [7, 11) is 0. The van der Waals surface area contributed by atoms with Gasteiger partial charge in [0.15, 0.2) is 11.7 Å². The van der Waals surface area contributed by atoms with E-state index in [0.29, 0.717) is 37.0 Å². The molecule has 0 bridgehead atoms. The fraction of sp³-hybridized carbons (Fsp3) is 0.733. The van der Waals surface area contributed by atoms with E-state index in [1.54, 1.807) is 0 Å². The lowest BCUT2D eigenvalue weighted by molar-refractivity contribution is -0.140. The molecule has 0 saturated heterocycles. The number of aromatic nitrogens is 1. The van der Waals surface area contributed by atoms with Gasteiger partial charge in [0.05, 0.1) is 11.6 Å². The second-order valence-electron chi connectivity index (χ2n) is 6.24. The van der Waals surface area contributed by atoms with E-state index in [1.807, 2.05) is 6.92 Å². The summed E-state index contributed by atoms with van der Waals surface area (Å²) in [5.41, 5.74) is -0.779. The lowest BCUT2D eigenvalue weighted by Crippen LogP contribution is -2.40. The first-order valence-electron chi connectivity index (χ1n) is 7.90. The van der Waals surface area contributed by atoms with Gasteiger partial charge in [-0.3, -0.25) is 4.99 Å². The molecule has 0 unspecified atom stereocenters. The van der Waals surface area contributed by atoms with Gasteiger partial charge >= 0.3 is 6.18 Å². The van der Waals surface area contributed by atoms with Gasteiger partial charge in [-0.2, -0.15) is 13.2 Å². The van der Waals surface area contributed by atoms with Crippen LogP contribution in [0.2, 0.25) is 0 Å². The summed E-state index contributed by atoms with van der Waals surface area (Å²) in [4.78, 5) is 8.04. The van der Waals surface area contributed by atoms with Crippen molar-refractivity contribution in [3.8, 4) is 0 Å². The van der Waals surface area contributed by atoms with Crippen molar-refractivity contribution in [2.45, 2.75) is 45.8 Å². The first-order chi connectivity index (χ1) is 11.1. The molecule has 0 amide bonds. The summed E-state index contributed by atoms with van der Waals surface area (Å²) < 4.78 is 37.5. The predicted molar refractivity (Wildman–Crippen MR) is 92.6 cm³/mol. The molecule has 0 radical (unpaired) electrons. The molecule has 0 aliphatic rings. The van der Waals surface area contributed by atoms with Crippen LogP contribution in [0.5, 0.6) is 0 Å². The minimum atomic E-state index is -4.38. The van der Waals surface area contributed by atoms with Crippen molar-refractivity contribution >= 4 is 17.3 Å². The quantitative estimate of drug-likeness (QED) is 0.395. The summed E-state index contributed by atoms with van der Waals surface area (Å²) >= 11 is 1.02. The zero-order chi connectivity index (χ0) is 18.2. The van der Waals surface area contributed by atoms with Gasteiger partial charge in [0.25, 0.3) is 0 Å². The van der Waals surface area contributed by atoms with E-state index in [-0.39, 0.29) is 5.54 Å². The van der Waals surface area contributed by atoms with Crippen LogP contribution in [0.3, 0.4) is 0 Å². The van der Waals surface area contributed by atoms with Crippen molar-refractivity contribution in [3.63, 3.8) is 0 Å². The number of guanidine groups is 1. The van der Waals surface area contributed by atoms with E-state index in [2.05, 4.69) is 46.7 Å². The highest BCUT2D eigenvalue weighted by atomic mass is 32.1. The van der Waals surface area contributed by atoms with E-state index < -0.39 is 11.9 Å². The smallest absolute Gasteiger partial charge is 0.357 e. The first-order valence-corrected chi connectivity index (χ1v) is 8.78. The van der Waals surface area contributed by atoms with Crippen LogP contribution in [-0.4, -0.2) is 42.7 Å². The number of halogens is 3. The predicted octanol–water partition coefficient (Wildman–Crippen LogP) is 2.65. The first kappa shape index (κ1) is 20.7. The van der Waals surface area contributed by atoms with Gasteiger partial charge in [-0.25, -0.2) is 4.98 Å². The van der Waals surface area contributed by atoms with Crippen LogP contribution in [-0.2, 0) is 12.6 Å². The third-order valence-electron chi connectivity index (χ3n) is 2.85. The average molecular weight is 365 g/mol. The number of nitrogens with one attached hydrogen (secondary N) is 3. The topological polar surface area (TPSA) is 61.3 Å². The normalized spacial score (nSPS) is 13.2. The minimum Gasteiger partial charge on any atom is -0.357 e. The van der Waals surface area contributed by atoms with Crippen molar-refractivity contribution in [3.05, 3.63) is 16.1 Å². The lowest BCUT2D eigenvalue weighted by Gasteiger charge is -2.19. The molecule has 1 heterocycles. The van der Waals surface area contributed by atoms with Gasteiger partial charge in [-0.15, -0.1) is 11.3 Å². The van der Waals surface area contributed by atoms with Crippen molar-refractivity contribution < 1.29 is 13.2 Å². The van der Waals surface area contributed by atoms with Crippen molar-refractivity contribution in [2.24, 2.45) is 4.99 Å². The molecule has 24 heavy (non-hydrogen) atoms. The maximum absolute atomic E-state index is 12.5. The Kier molecular flexibility index (Phi) is 7.95. The van der Waals surface area contributed by atoms with E-state index in [1.165, 1.54) is 0 Å². The zero-order valence-corrected chi connectivity index (χ0v) is 15.4. The molecule has 0 fully saturated rings. The Morgan fingerprint density at radius 1 is 1.21 bits per heavy atom. The van der Waals surface area contributed by atoms with Crippen molar-refractivity contribution in [1.82, 2.24) is 20.9 Å². The van der Waals surface area contributed by atoms with Crippen LogP contribution in [0.15, 0.2) is 10.4 Å². The largest absolute Gasteiger partial charge is 0.434 e. The van der Waals surface area contributed by atoms with Gasteiger partial charge in [0.2, 0.25) is 0 Å². The van der Waals surface area contributed by atoms with E-state index in [9.17, 15) is 13.2 Å². The van der Waals surface area contributed by atoms with Crippen LogP contribution < -0.4 is 16.0 Å². The number of alkyl halides is 3.